The molecule has 0 saturated heterocycles. The van der Waals surface area contributed by atoms with Crippen molar-refractivity contribution in [2.45, 2.75) is 13.5 Å². The highest BCUT2D eigenvalue weighted by molar-refractivity contribution is 5.82. The zero-order chi connectivity index (χ0) is 7.84. The van der Waals surface area contributed by atoms with Crippen molar-refractivity contribution in [3.63, 3.8) is 0 Å². The third-order valence-electron chi connectivity index (χ3n) is 1.51. The number of fused-ring (bicyclic) bond motifs is 1. The van der Waals surface area contributed by atoms with Crippen LogP contribution < -0.4 is 10.7 Å². The van der Waals surface area contributed by atoms with Crippen molar-refractivity contribution >= 4 is 6.03 Å². The summed E-state index contributed by atoms with van der Waals surface area (Å²) < 4.78 is 1.57. The predicted octanol–water partition coefficient (Wildman–Crippen LogP) is -0.647. The number of carbonyl (C=O) groups excluding carboxylic acids is 1. The molecule has 0 spiro atoms. The Morgan fingerprint density at radius 1 is 1.55 bits per heavy atom. The largest absolute Gasteiger partial charge is 0.334 e. The number of carbonyl (C=O) groups is 1. The first-order chi connectivity index (χ1) is 5.27. The maximum atomic E-state index is 10.8. The van der Waals surface area contributed by atoms with E-state index in [-0.39, 0.29) is 6.03 Å². The van der Waals surface area contributed by atoms with E-state index in [1.54, 1.807) is 11.6 Å². The summed E-state index contributed by atoms with van der Waals surface area (Å²) in [6.07, 6.45) is 0. The second kappa shape index (κ2) is 1.94. The molecule has 0 aromatic carbocycles. The topological polar surface area (TPSA) is 71.8 Å². The lowest BCUT2D eigenvalue weighted by atomic mass is 10.5. The molecule has 58 valence electrons. The molecule has 11 heavy (non-hydrogen) atoms. The van der Waals surface area contributed by atoms with Gasteiger partial charge in [0.2, 0.25) is 0 Å². The molecule has 1 aromatic rings. The molecule has 6 nitrogen and oxygen atoms in total. The van der Waals surface area contributed by atoms with Crippen molar-refractivity contribution < 1.29 is 4.79 Å². The molecule has 1 aliphatic heterocycles. The van der Waals surface area contributed by atoms with E-state index in [1.807, 2.05) is 0 Å². The van der Waals surface area contributed by atoms with Gasteiger partial charge in [0.1, 0.15) is 5.82 Å². The Morgan fingerprint density at radius 2 is 2.36 bits per heavy atom. The van der Waals surface area contributed by atoms with Crippen molar-refractivity contribution in [1.29, 1.82) is 0 Å². The Morgan fingerprint density at radius 3 is 3.18 bits per heavy atom. The number of nitrogens with zero attached hydrogens (tertiary/aromatic N) is 3. The van der Waals surface area contributed by atoms with Crippen molar-refractivity contribution in [3.8, 4) is 0 Å². The van der Waals surface area contributed by atoms with Crippen LogP contribution >= 0.6 is 0 Å². The summed E-state index contributed by atoms with van der Waals surface area (Å²) in [4.78, 5) is 10.8. The van der Waals surface area contributed by atoms with Crippen LogP contribution in [0.2, 0.25) is 0 Å². The quantitative estimate of drug-likeness (QED) is 0.520. The standard InChI is InChI=1S/C5H7N5O/c1-3-7-8-4-2-6-5(11)9-10(3)4/h2H2,1H3,(H2,6,9,11). The van der Waals surface area contributed by atoms with Gasteiger partial charge in [0.25, 0.3) is 0 Å². The van der Waals surface area contributed by atoms with E-state index in [1.165, 1.54) is 0 Å². The number of aromatic nitrogens is 3. The Labute approximate surface area is 62.6 Å². The van der Waals surface area contributed by atoms with Crippen molar-refractivity contribution in [2.24, 2.45) is 0 Å². The van der Waals surface area contributed by atoms with Crippen molar-refractivity contribution in [3.05, 3.63) is 11.6 Å². The molecule has 6 heteroatoms. The summed E-state index contributed by atoms with van der Waals surface area (Å²) in [5.41, 5.74) is 2.55. The van der Waals surface area contributed by atoms with Crippen LogP contribution in [0.3, 0.4) is 0 Å². The van der Waals surface area contributed by atoms with Gasteiger partial charge in [0, 0.05) is 0 Å². The third-order valence-corrected chi connectivity index (χ3v) is 1.51. The highest BCUT2D eigenvalue weighted by Gasteiger charge is 2.16. The van der Waals surface area contributed by atoms with Gasteiger partial charge in [0.15, 0.2) is 5.82 Å². The number of urea groups is 1. The van der Waals surface area contributed by atoms with Gasteiger partial charge in [-0.25, -0.2) is 14.9 Å². The van der Waals surface area contributed by atoms with Crippen LogP contribution in [-0.2, 0) is 6.54 Å². The van der Waals surface area contributed by atoms with Gasteiger partial charge < -0.3 is 5.32 Å². The summed E-state index contributed by atoms with van der Waals surface area (Å²) >= 11 is 0. The van der Waals surface area contributed by atoms with E-state index in [2.05, 4.69) is 20.9 Å². The SMILES string of the molecule is Cc1nnc2n1NC(=O)NC2. The molecule has 2 amide bonds. The van der Waals surface area contributed by atoms with Gasteiger partial charge in [-0.1, -0.05) is 0 Å². The molecule has 2 N–H and O–H groups in total. The Kier molecular flexibility index (Phi) is 1.09. The van der Waals surface area contributed by atoms with Gasteiger partial charge in [-0.2, -0.15) is 0 Å². The summed E-state index contributed by atoms with van der Waals surface area (Å²) in [5.74, 6) is 1.41. The number of aryl methyl sites for hydroxylation is 1. The minimum Gasteiger partial charge on any atom is -0.329 e. The number of rotatable bonds is 0. The fourth-order valence-corrected chi connectivity index (χ4v) is 0.967. The van der Waals surface area contributed by atoms with Crippen LogP contribution in [0.5, 0.6) is 0 Å². The lowest BCUT2D eigenvalue weighted by molar-refractivity contribution is 0.246. The van der Waals surface area contributed by atoms with E-state index in [0.29, 0.717) is 12.4 Å². The van der Waals surface area contributed by atoms with Crippen LogP contribution in [0, 0.1) is 6.92 Å². The first kappa shape index (κ1) is 6.14. The van der Waals surface area contributed by atoms with Crippen LogP contribution in [-0.4, -0.2) is 20.9 Å². The van der Waals surface area contributed by atoms with E-state index < -0.39 is 0 Å². The summed E-state index contributed by atoms with van der Waals surface area (Å²) in [7, 11) is 0. The smallest absolute Gasteiger partial charge is 0.329 e. The molecule has 0 unspecified atom stereocenters. The minimum absolute atomic E-state index is 0.222. The highest BCUT2D eigenvalue weighted by atomic mass is 16.2. The molecule has 0 bridgehead atoms. The molecular formula is C5H7N5O. The molecule has 2 rings (SSSR count). The first-order valence-electron chi connectivity index (χ1n) is 3.23. The maximum Gasteiger partial charge on any atom is 0.334 e. The van der Waals surface area contributed by atoms with E-state index in [0.717, 1.165) is 5.82 Å². The fraction of sp³-hybridized carbons (Fsp3) is 0.400. The van der Waals surface area contributed by atoms with Crippen molar-refractivity contribution in [1.82, 2.24) is 20.2 Å². The van der Waals surface area contributed by atoms with Crippen LogP contribution in [0.25, 0.3) is 0 Å². The van der Waals surface area contributed by atoms with Gasteiger partial charge in [-0.05, 0) is 6.92 Å². The Balaban J connectivity index is 2.45. The zero-order valence-electron chi connectivity index (χ0n) is 5.96. The Bertz CT molecular complexity index is 304. The summed E-state index contributed by atoms with van der Waals surface area (Å²) in [6.45, 7) is 2.22. The maximum absolute atomic E-state index is 10.8. The van der Waals surface area contributed by atoms with Gasteiger partial charge in [-0.3, -0.25) is 0 Å². The lowest BCUT2D eigenvalue weighted by Crippen LogP contribution is -2.41. The molecule has 0 fully saturated rings. The van der Waals surface area contributed by atoms with Gasteiger partial charge in [-0.15, -0.1) is 10.2 Å². The molecule has 0 radical (unpaired) electrons. The van der Waals surface area contributed by atoms with Gasteiger partial charge in [0.05, 0.1) is 6.54 Å². The molecule has 0 atom stereocenters. The number of amides is 2. The lowest BCUT2D eigenvalue weighted by Gasteiger charge is -2.15. The van der Waals surface area contributed by atoms with Crippen LogP contribution in [0.1, 0.15) is 11.6 Å². The zero-order valence-corrected chi connectivity index (χ0v) is 5.96. The number of nitrogens with one attached hydrogen (secondary N) is 2. The second-order valence-electron chi connectivity index (χ2n) is 2.29. The van der Waals surface area contributed by atoms with Crippen molar-refractivity contribution in [2.75, 3.05) is 5.43 Å². The van der Waals surface area contributed by atoms with E-state index in [4.69, 9.17) is 0 Å². The first-order valence-corrected chi connectivity index (χ1v) is 3.23. The van der Waals surface area contributed by atoms with Crippen LogP contribution in [0.4, 0.5) is 4.79 Å². The fourth-order valence-electron chi connectivity index (χ4n) is 0.967. The highest BCUT2D eigenvalue weighted by Crippen LogP contribution is 2.00. The molecule has 2 heterocycles. The monoisotopic (exact) mass is 153 g/mol. The summed E-state index contributed by atoms with van der Waals surface area (Å²) in [5, 5.41) is 10.2. The Hall–Kier alpha value is -1.59. The average Bonchev–Trinajstić information content (AvgIpc) is 2.33. The predicted molar refractivity (Wildman–Crippen MR) is 36.4 cm³/mol. The number of hydrogen-bond acceptors (Lipinski definition) is 3. The van der Waals surface area contributed by atoms with Gasteiger partial charge >= 0.3 is 6.03 Å². The minimum atomic E-state index is -0.222. The molecule has 0 aliphatic carbocycles. The molecule has 1 aliphatic rings. The van der Waals surface area contributed by atoms with E-state index in [9.17, 15) is 4.79 Å². The molecule has 0 saturated carbocycles. The summed E-state index contributed by atoms with van der Waals surface area (Å²) in [6, 6.07) is -0.222. The number of hydrogen-bond donors (Lipinski definition) is 2. The third kappa shape index (κ3) is 0.830. The molecule has 1 aromatic heterocycles. The second-order valence-corrected chi connectivity index (χ2v) is 2.29. The average molecular weight is 153 g/mol. The van der Waals surface area contributed by atoms with Crippen LogP contribution in [0.15, 0.2) is 0 Å². The normalized spacial score (nSPS) is 15.2. The molecular weight excluding hydrogens is 146 g/mol. The van der Waals surface area contributed by atoms with E-state index >= 15 is 0 Å².